The van der Waals surface area contributed by atoms with Gasteiger partial charge < -0.3 is 21.3 Å². The van der Waals surface area contributed by atoms with Crippen molar-refractivity contribution in [2.45, 2.75) is 105 Å². The number of rotatable bonds is 4. The van der Waals surface area contributed by atoms with Gasteiger partial charge in [-0.1, -0.05) is 33.3 Å². The lowest BCUT2D eigenvalue weighted by Crippen LogP contribution is -2.69. The zero-order valence-corrected chi connectivity index (χ0v) is 25.1. The highest BCUT2D eigenvalue weighted by atomic mass is 16.4. The molecule has 0 bridgehead atoms. The Morgan fingerprint density at radius 3 is 2.17 bits per heavy atom. The van der Waals surface area contributed by atoms with E-state index in [-0.39, 0.29) is 52.2 Å². The number of carboxylic acids is 2. The van der Waals surface area contributed by atoms with Gasteiger partial charge in [0.2, 0.25) is 5.91 Å². The largest absolute Gasteiger partial charge is 0.481 e. The van der Waals surface area contributed by atoms with Crippen LogP contribution < -0.4 is 11.1 Å². The predicted octanol–water partition coefficient (Wildman–Crippen LogP) is 4.56. The summed E-state index contributed by atoms with van der Waals surface area (Å²) in [6.45, 7) is 12.4. The van der Waals surface area contributed by atoms with Gasteiger partial charge in [-0.2, -0.15) is 0 Å². The van der Waals surface area contributed by atoms with E-state index in [9.17, 15) is 29.4 Å². The lowest BCUT2D eigenvalue weighted by Gasteiger charge is -2.70. The van der Waals surface area contributed by atoms with Crippen molar-refractivity contribution in [2.24, 2.45) is 56.0 Å². The molecule has 222 valence electrons. The van der Waals surface area contributed by atoms with E-state index < -0.39 is 34.2 Å². The summed E-state index contributed by atoms with van der Waals surface area (Å²) in [6, 6.07) is -0.546. The smallest absolute Gasteiger partial charge is 0.311 e. The number of ketones is 1. The predicted molar refractivity (Wildman–Crippen MR) is 150 cm³/mol. The number of hydrogen-bond donors (Lipinski definition) is 4. The van der Waals surface area contributed by atoms with Crippen molar-refractivity contribution in [2.75, 3.05) is 6.54 Å². The molecular weight excluding hydrogens is 508 g/mol. The van der Waals surface area contributed by atoms with E-state index in [1.165, 1.54) is 0 Å². The van der Waals surface area contributed by atoms with Crippen LogP contribution in [0.25, 0.3) is 0 Å². The van der Waals surface area contributed by atoms with Crippen LogP contribution in [0.15, 0.2) is 11.6 Å². The van der Waals surface area contributed by atoms with Gasteiger partial charge in [0.15, 0.2) is 5.78 Å². The molecule has 5 aliphatic rings. The lowest BCUT2D eigenvalue weighted by molar-refractivity contribution is -0.201. The summed E-state index contributed by atoms with van der Waals surface area (Å²) in [5.74, 6) is -2.56. The van der Waals surface area contributed by atoms with Gasteiger partial charge in [0, 0.05) is 12.0 Å². The first-order valence-corrected chi connectivity index (χ1v) is 15.2. The number of allylic oxidation sites excluding steroid dienone is 2. The van der Waals surface area contributed by atoms with E-state index in [4.69, 9.17) is 5.73 Å². The fraction of sp³-hybridized carbons (Fsp3) is 0.812. The summed E-state index contributed by atoms with van der Waals surface area (Å²) >= 11 is 0. The van der Waals surface area contributed by atoms with Gasteiger partial charge in [0.05, 0.1) is 17.4 Å². The number of carbonyl (C=O) groups excluding carboxylic acids is 2. The fourth-order valence-electron chi connectivity index (χ4n) is 10.8. The average molecular weight is 557 g/mol. The third-order valence-electron chi connectivity index (χ3n) is 13.8. The second-order valence-corrected chi connectivity index (χ2v) is 15.5. The minimum Gasteiger partial charge on any atom is -0.481 e. The SMILES string of the molecule is C[C@]1(C(=O)O)CC[C@]2(C)CC[C@]3(C)C(=CC(=O)[C@@H]4[C@@]5(C)CC[C@H](NC(=O)CN)[C@@](C)(C(=O)O)[C@@H]5CC[C@]43C)[C@@H]2C1. The Hall–Kier alpha value is -2.22. The van der Waals surface area contributed by atoms with Crippen LogP contribution in [0.4, 0.5) is 0 Å². The standard InChI is InChI=1S/C32H48N2O6/c1-27-11-12-28(2,25(37)38)16-19(27)18-15-20(35)24-29(3)9-8-22(34-23(36)17-33)32(6,26(39)40)21(29)7-10-31(24,5)30(18,4)14-13-27/h15,19,21-22,24H,7-14,16-17,33H2,1-6H3,(H,34,36)(H,37,38)(H,39,40)/t19-,21+,22-,24+,27+,28-,29-,30+,31+,32-/m0/s1. The van der Waals surface area contributed by atoms with Gasteiger partial charge in [0.25, 0.3) is 0 Å². The van der Waals surface area contributed by atoms with Crippen LogP contribution in [0.3, 0.4) is 0 Å². The fourth-order valence-corrected chi connectivity index (χ4v) is 10.8. The Morgan fingerprint density at radius 2 is 1.57 bits per heavy atom. The molecule has 0 aromatic rings. The highest BCUT2D eigenvalue weighted by Crippen LogP contribution is 2.75. The number of hydrogen-bond acceptors (Lipinski definition) is 5. The van der Waals surface area contributed by atoms with Gasteiger partial charge in [-0.05, 0) is 111 Å². The van der Waals surface area contributed by atoms with Gasteiger partial charge in [-0.25, -0.2) is 0 Å². The lowest BCUT2D eigenvalue weighted by atomic mass is 9.33. The van der Waals surface area contributed by atoms with Crippen LogP contribution in [0.2, 0.25) is 0 Å². The van der Waals surface area contributed by atoms with Crippen LogP contribution in [0.5, 0.6) is 0 Å². The van der Waals surface area contributed by atoms with Gasteiger partial charge >= 0.3 is 11.9 Å². The van der Waals surface area contributed by atoms with Crippen LogP contribution in [-0.2, 0) is 19.2 Å². The second kappa shape index (κ2) is 8.89. The van der Waals surface area contributed by atoms with Gasteiger partial charge in [-0.15, -0.1) is 0 Å². The molecule has 0 spiro atoms. The number of nitrogens with two attached hydrogens (primary N) is 1. The summed E-state index contributed by atoms with van der Waals surface area (Å²) in [5, 5.41) is 23.6. The molecule has 4 saturated carbocycles. The maximum atomic E-state index is 14.4. The minimum atomic E-state index is -1.22. The van der Waals surface area contributed by atoms with Crippen LogP contribution in [0.1, 0.15) is 99.3 Å². The zero-order chi connectivity index (χ0) is 29.7. The Bertz CT molecular complexity index is 1200. The summed E-state index contributed by atoms with van der Waals surface area (Å²) in [6.07, 6.45) is 8.39. The van der Waals surface area contributed by atoms with Crippen molar-refractivity contribution < 1.29 is 29.4 Å². The van der Waals surface area contributed by atoms with Crippen molar-refractivity contribution in [1.82, 2.24) is 5.32 Å². The maximum absolute atomic E-state index is 14.4. The molecule has 0 heterocycles. The van der Waals surface area contributed by atoms with E-state index >= 15 is 0 Å². The zero-order valence-electron chi connectivity index (χ0n) is 25.1. The molecule has 4 fully saturated rings. The molecule has 0 radical (unpaired) electrons. The molecular formula is C32H48N2O6. The number of amides is 1. The highest BCUT2D eigenvalue weighted by Gasteiger charge is 2.72. The summed E-state index contributed by atoms with van der Waals surface area (Å²) in [7, 11) is 0. The van der Waals surface area contributed by atoms with Gasteiger partial charge in [0.1, 0.15) is 0 Å². The van der Waals surface area contributed by atoms with E-state index in [1.807, 2.05) is 13.0 Å². The number of nitrogens with one attached hydrogen (secondary N) is 1. The molecule has 5 rings (SSSR count). The molecule has 8 nitrogen and oxygen atoms in total. The maximum Gasteiger partial charge on any atom is 0.311 e. The second-order valence-electron chi connectivity index (χ2n) is 15.5. The molecule has 40 heavy (non-hydrogen) atoms. The Morgan fingerprint density at radius 1 is 0.925 bits per heavy atom. The van der Waals surface area contributed by atoms with Crippen molar-refractivity contribution in [3.05, 3.63) is 11.6 Å². The molecule has 8 heteroatoms. The summed E-state index contributed by atoms with van der Waals surface area (Å²) in [5.41, 5.74) is 3.47. The average Bonchev–Trinajstić information content (AvgIpc) is 2.87. The van der Waals surface area contributed by atoms with E-state index in [1.54, 1.807) is 6.92 Å². The molecule has 0 unspecified atom stereocenters. The number of carboxylic acid groups (broad SMARTS) is 2. The van der Waals surface area contributed by atoms with Gasteiger partial charge in [-0.3, -0.25) is 19.2 Å². The molecule has 0 aromatic heterocycles. The summed E-state index contributed by atoms with van der Waals surface area (Å²) in [4.78, 5) is 51.9. The minimum absolute atomic E-state index is 0.0218. The third-order valence-corrected chi connectivity index (χ3v) is 13.8. The first-order valence-electron chi connectivity index (χ1n) is 15.2. The van der Waals surface area contributed by atoms with Crippen LogP contribution in [-0.4, -0.2) is 46.4 Å². The summed E-state index contributed by atoms with van der Waals surface area (Å²) < 4.78 is 0. The normalized spacial score (nSPS) is 49.9. The molecule has 5 N–H and O–H groups in total. The Labute approximate surface area is 237 Å². The van der Waals surface area contributed by atoms with Crippen molar-refractivity contribution in [3.63, 3.8) is 0 Å². The number of aliphatic carboxylic acids is 2. The quantitative estimate of drug-likeness (QED) is 0.397. The van der Waals surface area contributed by atoms with Crippen molar-refractivity contribution in [1.29, 1.82) is 0 Å². The van der Waals surface area contributed by atoms with Crippen LogP contribution in [0, 0.1) is 50.2 Å². The first kappa shape index (κ1) is 29.3. The molecule has 0 aliphatic heterocycles. The topological polar surface area (TPSA) is 147 Å². The monoisotopic (exact) mass is 556 g/mol. The molecule has 10 atom stereocenters. The number of fused-ring (bicyclic) bond motifs is 7. The third kappa shape index (κ3) is 3.59. The number of carbonyl (C=O) groups is 4. The molecule has 5 aliphatic carbocycles. The van der Waals surface area contributed by atoms with Crippen LogP contribution >= 0.6 is 0 Å². The first-order chi connectivity index (χ1) is 18.4. The molecule has 0 saturated heterocycles. The molecule has 0 aromatic carbocycles. The highest BCUT2D eigenvalue weighted by molar-refractivity contribution is 5.96. The Balaban J connectivity index is 1.59. The van der Waals surface area contributed by atoms with Crippen molar-refractivity contribution >= 4 is 23.6 Å². The van der Waals surface area contributed by atoms with E-state index in [2.05, 4.69) is 33.0 Å². The Kier molecular flexibility index (Phi) is 6.51. The van der Waals surface area contributed by atoms with Crippen molar-refractivity contribution in [3.8, 4) is 0 Å². The van der Waals surface area contributed by atoms with E-state index in [0.29, 0.717) is 32.1 Å². The van der Waals surface area contributed by atoms with E-state index in [0.717, 1.165) is 31.3 Å². The molecule has 1 amide bonds.